The van der Waals surface area contributed by atoms with Crippen LogP contribution in [0, 0.1) is 0 Å². The number of nitrogens with one attached hydrogen (secondary N) is 1. The summed E-state index contributed by atoms with van der Waals surface area (Å²) in [6.07, 6.45) is 2.22. The molecule has 3 rings (SSSR count). The SMILES string of the molecule is COc1ccc(-c2noc(CSCC(=O)NCC3CCCO3)n2)cc1OC. The molecule has 1 unspecified atom stereocenters. The van der Waals surface area contributed by atoms with Gasteiger partial charge in [0.1, 0.15) is 0 Å². The Bertz CT molecular complexity index is 761. The van der Waals surface area contributed by atoms with E-state index < -0.39 is 0 Å². The van der Waals surface area contributed by atoms with Crippen molar-refractivity contribution in [3.05, 3.63) is 24.1 Å². The molecule has 0 aliphatic carbocycles. The molecule has 0 bridgehead atoms. The van der Waals surface area contributed by atoms with E-state index in [0.717, 1.165) is 25.0 Å². The molecule has 146 valence electrons. The number of carbonyl (C=O) groups is 1. The minimum Gasteiger partial charge on any atom is -0.493 e. The van der Waals surface area contributed by atoms with Crippen molar-refractivity contribution in [3.8, 4) is 22.9 Å². The molecule has 0 spiro atoms. The van der Waals surface area contributed by atoms with Gasteiger partial charge in [-0.25, -0.2) is 0 Å². The summed E-state index contributed by atoms with van der Waals surface area (Å²) in [6.45, 7) is 1.36. The van der Waals surface area contributed by atoms with E-state index in [0.29, 0.717) is 41.3 Å². The molecule has 1 atom stereocenters. The number of benzene rings is 1. The van der Waals surface area contributed by atoms with Crippen LogP contribution in [0.15, 0.2) is 22.7 Å². The topological polar surface area (TPSA) is 95.7 Å². The van der Waals surface area contributed by atoms with Gasteiger partial charge in [0.25, 0.3) is 0 Å². The first-order valence-electron chi connectivity index (χ1n) is 8.70. The average Bonchev–Trinajstić information content (AvgIpc) is 3.38. The van der Waals surface area contributed by atoms with Crippen LogP contribution in [0.5, 0.6) is 11.5 Å². The van der Waals surface area contributed by atoms with Gasteiger partial charge in [-0.15, -0.1) is 11.8 Å². The summed E-state index contributed by atoms with van der Waals surface area (Å²) in [5.74, 6) is 2.95. The summed E-state index contributed by atoms with van der Waals surface area (Å²) in [5.41, 5.74) is 0.766. The number of nitrogens with zero attached hydrogens (tertiary/aromatic N) is 2. The van der Waals surface area contributed by atoms with E-state index >= 15 is 0 Å². The summed E-state index contributed by atoms with van der Waals surface area (Å²) >= 11 is 1.43. The number of amides is 1. The zero-order chi connectivity index (χ0) is 19.1. The third-order valence-corrected chi connectivity index (χ3v) is 5.04. The molecule has 1 amide bonds. The summed E-state index contributed by atoms with van der Waals surface area (Å²) in [7, 11) is 3.15. The zero-order valence-electron chi connectivity index (χ0n) is 15.4. The lowest BCUT2D eigenvalue weighted by Crippen LogP contribution is -2.32. The number of aromatic nitrogens is 2. The van der Waals surface area contributed by atoms with Crippen LogP contribution in [-0.2, 0) is 15.3 Å². The molecule has 0 radical (unpaired) electrons. The molecule has 1 fully saturated rings. The monoisotopic (exact) mass is 393 g/mol. The molecule has 2 aromatic rings. The molecule has 1 aliphatic rings. The number of hydrogen-bond donors (Lipinski definition) is 1. The highest BCUT2D eigenvalue weighted by atomic mass is 32.2. The van der Waals surface area contributed by atoms with Gasteiger partial charge < -0.3 is 24.1 Å². The normalized spacial score (nSPS) is 16.3. The van der Waals surface area contributed by atoms with Gasteiger partial charge >= 0.3 is 0 Å². The van der Waals surface area contributed by atoms with Crippen LogP contribution < -0.4 is 14.8 Å². The molecule has 1 aromatic carbocycles. The second-order valence-corrected chi connectivity index (χ2v) is 7.00. The van der Waals surface area contributed by atoms with Gasteiger partial charge in [0.2, 0.25) is 17.6 Å². The Hall–Kier alpha value is -2.26. The van der Waals surface area contributed by atoms with E-state index in [2.05, 4.69) is 15.5 Å². The molecule has 2 heterocycles. The first kappa shape index (κ1) is 19.5. The third kappa shape index (κ3) is 5.36. The van der Waals surface area contributed by atoms with Gasteiger partial charge in [-0.05, 0) is 31.0 Å². The number of carbonyl (C=O) groups excluding carboxylic acids is 1. The molecular formula is C18H23N3O5S. The zero-order valence-corrected chi connectivity index (χ0v) is 16.2. The Kier molecular flexibility index (Phi) is 6.94. The van der Waals surface area contributed by atoms with Crippen LogP contribution in [0.1, 0.15) is 18.7 Å². The Morgan fingerprint density at radius 2 is 2.19 bits per heavy atom. The van der Waals surface area contributed by atoms with Crippen molar-refractivity contribution in [2.75, 3.05) is 33.1 Å². The summed E-state index contributed by atoms with van der Waals surface area (Å²) in [6, 6.07) is 5.41. The second-order valence-electron chi connectivity index (χ2n) is 6.01. The number of hydrogen-bond acceptors (Lipinski definition) is 8. The van der Waals surface area contributed by atoms with Crippen LogP contribution >= 0.6 is 11.8 Å². The predicted octanol–water partition coefficient (Wildman–Crippen LogP) is 2.28. The van der Waals surface area contributed by atoms with Crippen LogP contribution in [0.25, 0.3) is 11.4 Å². The Balaban J connectivity index is 1.47. The van der Waals surface area contributed by atoms with Gasteiger partial charge in [-0.1, -0.05) is 5.16 Å². The maximum absolute atomic E-state index is 11.9. The molecule has 9 heteroatoms. The summed E-state index contributed by atoms with van der Waals surface area (Å²) in [4.78, 5) is 16.2. The van der Waals surface area contributed by atoms with Crippen molar-refractivity contribution in [3.63, 3.8) is 0 Å². The number of methoxy groups -OCH3 is 2. The minimum atomic E-state index is -0.0184. The van der Waals surface area contributed by atoms with Crippen LogP contribution in [0.4, 0.5) is 0 Å². The molecule has 1 aliphatic heterocycles. The first-order chi connectivity index (χ1) is 13.2. The fourth-order valence-electron chi connectivity index (χ4n) is 2.72. The lowest BCUT2D eigenvalue weighted by Gasteiger charge is -2.10. The maximum atomic E-state index is 11.9. The van der Waals surface area contributed by atoms with Crippen LogP contribution in [0.2, 0.25) is 0 Å². The lowest BCUT2D eigenvalue weighted by molar-refractivity contribution is -0.119. The summed E-state index contributed by atoms with van der Waals surface area (Å²) < 4.78 is 21.3. The number of thioether (sulfide) groups is 1. The highest BCUT2D eigenvalue weighted by molar-refractivity contribution is 7.99. The quantitative estimate of drug-likeness (QED) is 0.693. The van der Waals surface area contributed by atoms with Crippen molar-refractivity contribution in [1.29, 1.82) is 0 Å². The Morgan fingerprint density at radius 3 is 2.93 bits per heavy atom. The highest BCUT2D eigenvalue weighted by Gasteiger charge is 2.16. The molecule has 8 nitrogen and oxygen atoms in total. The highest BCUT2D eigenvalue weighted by Crippen LogP contribution is 2.31. The van der Waals surface area contributed by atoms with Crippen molar-refractivity contribution in [2.45, 2.75) is 24.7 Å². The molecule has 1 saturated heterocycles. The second kappa shape index (κ2) is 9.61. The largest absolute Gasteiger partial charge is 0.493 e. The van der Waals surface area contributed by atoms with Crippen LogP contribution in [0.3, 0.4) is 0 Å². The molecular weight excluding hydrogens is 370 g/mol. The standard InChI is InChI=1S/C18H23N3O5S/c1-23-14-6-5-12(8-15(14)24-2)18-20-17(26-21-18)11-27-10-16(22)19-9-13-4-3-7-25-13/h5-6,8,13H,3-4,7,9-11H2,1-2H3,(H,19,22). The molecule has 1 aromatic heterocycles. The third-order valence-electron chi connectivity index (χ3n) is 4.12. The van der Waals surface area contributed by atoms with Gasteiger partial charge in [0.15, 0.2) is 11.5 Å². The van der Waals surface area contributed by atoms with Crippen molar-refractivity contribution in [1.82, 2.24) is 15.5 Å². The lowest BCUT2D eigenvalue weighted by atomic mass is 10.2. The smallest absolute Gasteiger partial charge is 0.236 e. The molecule has 0 saturated carbocycles. The van der Waals surface area contributed by atoms with E-state index in [9.17, 15) is 4.79 Å². The predicted molar refractivity (Wildman–Crippen MR) is 101 cm³/mol. The average molecular weight is 393 g/mol. The number of rotatable bonds is 9. The Morgan fingerprint density at radius 1 is 1.33 bits per heavy atom. The van der Waals surface area contributed by atoms with Crippen molar-refractivity contribution < 1.29 is 23.5 Å². The van der Waals surface area contributed by atoms with Gasteiger partial charge in [-0.2, -0.15) is 4.98 Å². The molecule has 1 N–H and O–H groups in total. The van der Waals surface area contributed by atoms with E-state index in [4.69, 9.17) is 18.7 Å². The van der Waals surface area contributed by atoms with Crippen molar-refractivity contribution >= 4 is 17.7 Å². The fraction of sp³-hybridized carbons (Fsp3) is 0.500. The number of ether oxygens (including phenoxy) is 3. The van der Waals surface area contributed by atoms with E-state index in [1.165, 1.54) is 11.8 Å². The summed E-state index contributed by atoms with van der Waals surface area (Å²) in [5, 5.41) is 6.88. The van der Waals surface area contributed by atoms with Crippen LogP contribution in [-0.4, -0.2) is 55.3 Å². The van der Waals surface area contributed by atoms with Gasteiger partial charge in [0, 0.05) is 18.7 Å². The van der Waals surface area contributed by atoms with E-state index in [1.54, 1.807) is 26.4 Å². The van der Waals surface area contributed by atoms with E-state index in [1.807, 2.05) is 6.07 Å². The molecule has 27 heavy (non-hydrogen) atoms. The van der Waals surface area contributed by atoms with E-state index in [-0.39, 0.29) is 12.0 Å². The fourth-order valence-corrected chi connectivity index (χ4v) is 3.40. The minimum absolute atomic E-state index is 0.0184. The Labute approximate surface area is 161 Å². The van der Waals surface area contributed by atoms with Gasteiger partial charge in [0.05, 0.1) is 31.8 Å². The first-order valence-corrected chi connectivity index (χ1v) is 9.86. The van der Waals surface area contributed by atoms with Crippen molar-refractivity contribution in [2.24, 2.45) is 0 Å². The maximum Gasteiger partial charge on any atom is 0.236 e. The van der Waals surface area contributed by atoms with Gasteiger partial charge in [-0.3, -0.25) is 4.79 Å².